The average Bonchev–Trinajstić information content (AvgIpc) is 2.68. The van der Waals surface area contributed by atoms with Gasteiger partial charge in [-0.3, -0.25) is 4.79 Å². The van der Waals surface area contributed by atoms with E-state index < -0.39 is 5.97 Å². The summed E-state index contributed by atoms with van der Waals surface area (Å²) >= 11 is 0. The van der Waals surface area contributed by atoms with Gasteiger partial charge in [0, 0.05) is 5.39 Å². The molecule has 0 radical (unpaired) electrons. The molecule has 1 N–H and O–H groups in total. The van der Waals surface area contributed by atoms with Gasteiger partial charge in [0.05, 0.1) is 7.11 Å². The van der Waals surface area contributed by atoms with Crippen LogP contribution >= 0.6 is 0 Å². The maximum Gasteiger partial charge on any atom is 0.376 e. The molecule has 5 nitrogen and oxygen atoms in total. The van der Waals surface area contributed by atoms with E-state index in [9.17, 15) is 9.59 Å². The number of amides is 1. The van der Waals surface area contributed by atoms with Crippen molar-refractivity contribution in [3.05, 3.63) is 30.0 Å². The number of nitrogens with one attached hydrogen (secondary N) is 1. The lowest BCUT2D eigenvalue weighted by atomic mass is 10.2. The largest absolute Gasteiger partial charge is 0.463 e. The van der Waals surface area contributed by atoms with E-state index in [0.29, 0.717) is 23.1 Å². The molecule has 0 fully saturated rings. The van der Waals surface area contributed by atoms with Crippen LogP contribution in [0.25, 0.3) is 11.0 Å². The minimum Gasteiger partial charge on any atom is -0.463 e. The normalized spacial score (nSPS) is 10.1. The van der Waals surface area contributed by atoms with Crippen molar-refractivity contribution < 1.29 is 18.7 Å². The Balaban J connectivity index is 2.67. The molecule has 0 aliphatic carbocycles. The summed E-state index contributed by atoms with van der Waals surface area (Å²) in [4.78, 5) is 21.9. The van der Waals surface area contributed by atoms with E-state index in [1.807, 2.05) is 0 Å². The van der Waals surface area contributed by atoms with Gasteiger partial charge in [-0.05, 0) is 12.1 Å². The predicted molar refractivity (Wildman–Crippen MR) is 57.2 cm³/mol. The van der Waals surface area contributed by atoms with Crippen LogP contribution in [0, 0.1) is 0 Å². The van der Waals surface area contributed by atoms with Gasteiger partial charge in [-0.1, -0.05) is 12.1 Å². The highest BCUT2D eigenvalue weighted by Crippen LogP contribution is 2.30. The van der Waals surface area contributed by atoms with Crippen LogP contribution in [0.3, 0.4) is 0 Å². The van der Waals surface area contributed by atoms with Crippen molar-refractivity contribution in [2.75, 3.05) is 12.4 Å². The fraction of sp³-hybridized carbons (Fsp3) is 0.0909. The van der Waals surface area contributed by atoms with Crippen molar-refractivity contribution in [2.24, 2.45) is 0 Å². The van der Waals surface area contributed by atoms with Gasteiger partial charge in [0.15, 0.2) is 0 Å². The summed E-state index contributed by atoms with van der Waals surface area (Å²) in [6, 6.07) is 7.02. The number of benzene rings is 1. The number of carbonyl (C=O) groups excluding carboxylic acids is 2. The number of methoxy groups -OCH3 is 1. The molecule has 0 spiro atoms. The minimum atomic E-state index is -0.624. The molecular weight excluding hydrogens is 210 g/mol. The Bertz CT molecular complexity index is 544. The van der Waals surface area contributed by atoms with Crippen molar-refractivity contribution >= 4 is 29.0 Å². The van der Waals surface area contributed by atoms with Gasteiger partial charge in [0.25, 0.3) is 0 Å². The number of hydrogen-bond acceptors (Lipinski definition) is 4. The number of carbonyl (C=O) groups is 2. The summed E-state index contributed by atoms with van der Waals surface area (Å²) in [6.07, 6.45) is 0.490. The number of ether oxygens (including phenoxy) is 1. The van der Waals surface area contributed by atoms with Crippen molar-refractivity contribution in [3.8, 4) is 0 Å². The monoisotopic (exact) mass is 219 g/mol. The second-order valence-corrected chi connectivity index (χ2v) is 3.06. The molecule has 0 saturated carbocycles. The standard InChI is InChI=1S/C11H9NO4/c1-15-11(14)10-9(12-6-13)7-4-2-3-5-8(7)16-10/h2-6H,1H3,(H,12,13). The number of esters is 1. The third-order valence-electron chi connectivity index (χ3n) is 2.17. The lowest BCUT2D eigenvalue weighted by Gasteiger charge is -1.98. The van der Waals surface area contributed by atoms with Gasteiger partial charge in [-0.2, -0.15) is 0 Å². The third kappa shape index (κ3) is 1.52. The van der Waals surface area contributed by atoms with Crippen molar-refractivity contribution in [1.29, 1.82) is 0 Å². The molecule has 82 valence electrons. The Labute approximate surface area is 91.0 Å². The molecule has 1 amide bonds. The molecular formula is C11H9NO4. The number of para-hydroxylation sites is 1. The van der Waals surface area contributed by atoms with Gasteiger partial charge < -0.3 is 14.5 Å². The van der Waals surface area contributed by atoms with Crippen LogP contribution in [0.1, 0.15) is 10.6 Å². The highest BCUT2D eigenvalue weighted by Gasteiger charge is 2.20. The Kier molecular flexibility index (Phi) is 2.59. The Hall–Kier alpha value is -2.30. The minimum absolute atomic E-state index is 0.00389. The van der Waals surface area contributed by atoms with Crippen molar-refractivity contribution in [3.63, 3.8) is 0 Å². The Morgan fingerprint density at radius 2 is 2.19 bits per heavy atom. The first-order chi connectivity index (χ1) is 7.77. The van der Waals surface area contributed by atoms with Gasteiger partial charge in [0.2, 0.25) is 12.2 Å². The SMILES string of the molecule is COC(=O)c1oc2ccccc2c1NC=O. The molecule has 0 saturated heterocycles. The molecule has 2 aromatic rings. The van der Waals surface area contributed by atoms with Crippen LogP contribution in [-0.4, -0.2) is 19.5 Å². The van der Waals surface area contributed by atoms with Crippen LogP contribution in [0.4, 0.5) is 5.69 Å². The zero-order valence-electron chi connectivity index (χ0n) is 8.52. The lowest BCUT2D eigenvalue weighted by molar-refractivity contribution is -0.105. The zero-order chi connectivity index (χ0) is 11.5. The maximum atomic E-state index is 11.4. The van der Waals surface area contributed by atoms with Crippen LogP contribution in [0.15, 0.2) is 28.7 Å². The smallest absolute Gasteiger partial charge is 0.376 e. The van der Waals surface area contributed by atoms with E-state index >= 15 is 0 Å². The average molecular weight is 219 g/mol. The summed E-state index contributed by atoms with van der Waals surface area (Å²) in [5.41, 5.74) is 0.852. The number of furan rings is 1. The molecule has 16 heavy (non-hydrogen) atoms. The molecule has 0 atom stereocenters. The van der Waals surface area contributed by atoms with E-state index in [-0.39, 0.29) is 5.76 Å². The second-order valence-electron chi connectivity index (χ2n) is 3.06. The summed E-state index contributed by atoms with van der Waals surface area (Å²) in [6.45, 7) is 0. The molecule has 0 bridgehead atoms. The van der Waals surface area contributed by atoms with Crippen molar-refractivity contribution in [2.45, 2.75) is 0 Å². The molecule has 1 heterocycles. The molecule has 1 aromatic carbocycles. The summed E-state index contributed by atoms with van der Waals surface area (Å²) in [5.74, 6) is -0.628. The topological polar surface area (TPSA) is 68.5 Å². The summed E-state index contributed by atoms with van der Waals surface area (Å²) in [7, 11) is 1.25. The van der Waals surface area contributed by atoms with Gasteiger partial charge >= 0.3 is 5.97 Å². The van der Waals surface area contributed by atoms with Gasteiger partial charge in [-0.25, -0.2) is 4.79 Å². The van der Waals surface area contributed by atoms with Gasteiger partial charge in [-0.15, -0.1) is 0 Å². The van der Waals surface area contributed by atoms with Crippen LogP contribution in [0.5, 0.6) is 0 Å². The van der Waals surface area contributed by atoms with Crippen molar-refractivity contribution in [1.82, 2.24) is 0 Å². The fourth-order valence-electron chi connectivity index (χ4n) is 1.48. The predicted octanol–water partition coefficient (Wildman–Crippen LogP) is 1.79. The molecule has 0 aliphatic heterocycles. The molecule has 0 aliphatic rings. The van der Waals surface area contributed by atoms with E-state index in [1.54, 1.807) is 24.3 Å². The fourth-order valence-corrected chi connectivity index (χ4v) is 1.48. The molecule has 2 rings (SSSR count). The Morgan fingerprint density at radius 3 is 2.88 bits per heavy atom. The third-order valence-corrected chi connectivity index (χ3v) is 2.17. The van der Waals surface area contributed by atoms with E-state index in [2.05, 4.69) is 10.1 Å². The highest BCUT2D eigenvalue weighted by atomic mass is 16.5. The lowest BCUT2D eigenvalue weighted by Crippen LogP contribution is -2.04. The molecule has 5 heteroatoms. The van der Waals surface area contributed by atoms with E-state index in [1.165, 1.54) is 7.11 Å². The number of fused-ring (bicyclic) bond motifs is 1. The van der Waals surface area contributed by atoms with Crippen LogP contribution in [0.2, 0.25) is 0 Å². The molecule has 1 aromatic heterocycles. The zero-order valence-corrected chi connectivity index (χ0v) is 8.52. The second kappa shape index (κ2) is 4.06. The maximum absolute atomic E-state index is 11.4. The number of rotatable bonds is 3. The first kappa shape index (κ1) is 10.2. The van der Waals surface area contributed by atoms with E-state index in [0.717, 1.165) is 0 Å². The first-order valence-electron chi connectivity index (χ1n) is 4.58. The van der Waals surface area contributed by atoms with Gasteiger partial charge in [0.1, 0.15) is 11.3 Å². The van der Waals surface area contributed by atoms with E-state index in [4.69, 9.17) is 4.42 Å². The molecule has 0 unspecified atom stereocenters. The summed E-state index contributed by atoms with van der Waals surface area (Å²) < 4.78 is 9.87. The number of hydrogen-bond donors (Lipinski definition) is 1. The number of anilines is 1. The van der Waals surface area contributed by atoms with Crippen LogP contribution < -0.4 is 5.32 Å². The Morgan fingerprint density at radius 1 is 1.44 bits per heavy atom. The highest BCUT2D eigenvalue weighted by molar-refractivity contribution is 6.06. The van der Waals surface area contributed by atoms with Crippen LogP contribution in [-0.2, 0) is 9.53 Å². The summed E-state index contributed by atoms with van der Waals surface area (Å²) in [5, 5.41) is 3.10. The quantitative estimate of drug-likeness (QED) is 0.631. The first-order valence-corrected chi connectivity index (χ1v) is 4.58.